The maximum Gasteiger partial charge on any atom is 0.253 e. The van der Waals surface area contributed by atoms with E-state index in [9.17, 15) is 14.4 Å². The van der Waals surface area contributed by atoms with Crippen LogP contribution in [0.4, 0.5) is 5.69 Å². The lowest BCUT2D eigenvalue weighted by Gasteiger charge is -2.18. The fourth-order valence-corrected chi connectivity index (χ4v) is 3.62. The molecule has 1 aliphatic heterocycles. The van der Waals surface area contributed by atoms with Gasteiger partial charge in [0.15, 0.2) is 11.3 Å². The number of hydrogen-bond acceptors (Lipinski definition) is 7. The third-order valence-electron chi connectivity index (χ3n) is 6.05. The molecule has 1 saturated heterocycles. The predicted octanol–water partition coefficient (Wildman–Crippen LogP) is 2.54. The van der Waals surface area contributed by atoms with Gasteiger partial charge in [-0.05, 0) is 43.9 Å². The number of carbonyl (C=O) groups is 2. The summed E-state index contributed by atoms with van der Waals surface area (Å²) in [5, 5.41) is 6.93. The number of likely N-dealkylation sites (N-methyl/N-ethyl adjacent to an activating group) is 1. The zero-order valence-electron chi connectivity index (χ0n) is 22.2. The van der Waals surface area contributed by atoms with Crippen LogP contribution in [0.2, 0.25) is 0 Å². The van der Waals surface area contributed by atoms with Crippen molar-refractivity contribution in [2.75, 3.05) is 39.2 Å². The van der Waals surface area contributed by atoms with Crippen LogP contribution in [-0.2, 0) is 20.9 Å². The van der Waals surface area contributed by atoms with Crippen molar-refractivity contribution in [1.82, 2.24) is 19.7 Å². The van der Waals surface area contributed by atoms with E-state index in [2.05, 4.69) is 15.4 Å². The summed E-state index contributed by atoms with van der Waals surface area (Å²) in [6.07, 6.45) is 5.94. The Morgan fingerprint density at radius 1 is 1.29 bits per heavy atom. The van der Waals surface area contributed by atoms with Gasteiger partial charge in [-0.15, -0.1) is 0 Å². The van der Waals surface area contributed by atoms with E-state index < -0.39 is 6.10 Å². The van der Waals surface area contributed by atoms with Crippen molar-refractivity contribution in [2.24, 2.45) is 0 Å². The monoisotopic (exact) mass is 525 g/mol. The molecule has 1 unspecified atom stereocenters. The maximum atomic E-state index is 12.4. The van der Waals surface area contributed by atoms with E-state index in [4.69, 9.17) is 14.2 Å². The third kappa shape index (κ3) is 8.48. The van der Waals surface area contributed by atoms with Crippen LogP contribution in [0.15, 0.2) is 53.7 Å². The van der Waals surface area contributed by atoms with Crippen molar-refractivity contribution in [1.29, 1.82) is 0 Å². The number of pyridine rings is 1. The molecule has 0 radical (unpaired) electrons. The SMILES string of the molecule is COc1cc(=O)cc[nH]1.Cc1cccc(OCCN(C)C(=O)Cn2cc(NC(=O)C3CCCO3)cn2)c1C. The topological polar surface area (TPSA) is 128 Å². The molecule has 11 heteroatoms. The van der Waals surface area contributed by atoms with E-state index >= 15 is 0 Å². The van der Waals surface area contributed by atoms with Gasteiger partial charge in [0.05, 0.1) is 25.5 Å². The molecule has 2 aromatic heterocycles. The maximum absolute atomic E-state index is 12.4. The minimum Gasteiger partial charge on any atom is -0.491 e. The number of amides is 2. The number of ether oxygens (including phenoxy) is 3. The molecule has 38 heavy (non-hydrogen) atoms. The number of nitrogens with one attached hydrogen (secondary N) is 2. The molecule has 3 heterocycles. The fourth-order valence-electron chi connectivity index (χ4n) is 3.62. The van der Waals surface area contributed by atoms with Gasteiger partial charge < -0.3 is 29.4 Å². The Bertz CT molecular complexity index is 1260. The second kappa shape index (κ2) is 14.0. The van der Waals surface area contributed by atoms with E-state index in [-0.39, 0.29) is 23.8 Å². The molecule has 204 valence electrons. The van der Waals surface area contributed by atoms with Gasteiger partial charge in [-0.2, -0.15) is 5.10 Å². The van der Waals surface area contributed by atoms with Gasteiger partial charge in [-0.1, -0.05) is 12.1 Å². The molecule has 0 aliphatic carbocycles. The zero-order valence-corrected chi connectivity index (χ0v) is 22.2. The number of aromatic nitrogens is 3. The van der Waals surface area contributed by atoms with Crippen molar-refractivity contribution >= 4 is 17.5 Å². The molecule has 11 nitrogen and oxygen atoms in total. The number of benzene rings is 1. The molecule has 1 atom stereocenters. The van der Waals surface area contributed by atoms with Crippen LogP contribution in [0, 0.1) is 13.8 Å². The van der Waals surface area contributed by atoms with Crippen molar-refractivity contribution in [2.45, 2.75) is 39.3 Å². The minimum atomic E-state index is -0.400. The van der Waals surface area contributed by atoms with Gasteiger partial charge in [0.1, 0.15) is 25.0 Å². The molecule has 1 fully saturated rings. The number of aromatic amines is 1. The Morgan fingerprint density at radius 2 is 2.11 bits per heavy atom. The van der Waals surface area contributed by atoms with Gasteiger partial charge in [0.25, 0.3) is 5.91 Å². The highest BCUT2D eigenvalue weighted by atomic mass is 16.5. The average Bonchev–Trinajstić information content (AvgIpc) is 3.59. The number of methoxy groups -OCH3 is 1. The van der Waals surface area contributed by atoms with Gasteiger partial charge in [0.2, 0.25) is 5.91 Å². The van der Waals surface area contributed by atoms with Gasteiger partial charge in [-0.3, -0.25) is 19.1 Å². The summed E-state index contributed by atoms with van der Waals surface area (Å²) in [5.41, 5.74) is 2.79. The number of H-pyrrole nitrogens is 1. The highest BCUT2D eigenvalue weighted by Gasteiger charge is 2.24. The first-order valence-corrected chi connectivity index (χ1v) is 12.4. The number of hydrogen-bond donors (Lipinski definition) is 2. The van der Waals surface area contributed by atoms with E-state index in [0.29, 0.717) is 31.3 Å². The molecule has 2 amide bonds. The molecule has 1 aliphatic rings. The van der Waals surface area contributed by atoms with Gasteiger partial charge >= 0.3 is 0 Å². The normalized spacial score (nSPS) is 14.3. The molecule has 4 rings (SSSR count). The summed E-state index contributed by atoms with van der Waals surface area (Å²) in [4.78, 5) is 39.4. The number of rotatable bonds is 9. The van der Waals surface area contributed by atoms with E-state index in [1.165, 1.54) is 35.7 Å². The van der Waals surface area contributed by atoms with Crippen LogP contribution in [0.5, 0.6) is 11.6 Å². The van der Waals surface area contributed by atoms with Crippen LogP contribution >= 0.6 is 0 Å². The summed E-state index contributed by atoms with van der Waals surface area (Å²) in [6.45, 7) is 5.65. The summed E-state index contributed by atoms with van der Waals surface area (Å²) < 4.78 is 17.4. The van der Waals surface area contributed by atoms with Crippen molar-refractivity contribution in [3.8, 4) is 11.6 Å². The molecular weight excluding hydrogens is 490 g/mol. The van der Waals surface area contributed by atoms with Crippen LogP contribution in [0.25, 0.3) is 0 Å². The smallest absolute Gasteiger partial charge is 0.253 e. The second-order valence-corrected chi connectivity index (χ2v) is 8.87. The largest absolute Gasteiger partial charge is 0.491 e. The average molecular weight is 526 g/mol. The second-order valence-electron chi connectivity index (χ2n) is 8.87. The van der Waals surface area contributed by atoms with Crippen LogP contribution < -0.4 is 20.2 Å². The summed E-state index contributed by atoms with van der Waals surface area (Å²) >= 11 is 0. The fraction of sp³-hybridized carbons (Fsp3) is 0.407. The molecule has 0 bridgehead atoms. The molecule has 2 N–H and O–H groups in total. The minimum absolute atomic E-state index is 0.0504. The lowest BCUT2D eigenvalue weighted by molar-refractivity contribution is -0.131. The zero-order chi connectivity index (χ0) is 27.5. The Morgan fingerprint density at radius 3 is 2.79 bits per heavy atom. The van der Waals surface area contributed by atoms with Crippen molar-refractivity contribution in [3.05, 3.63) is 70.3 Å². The van der Waals surface area contributed by atoms with Crippen LogP contribution in [-0.4, -0.2) is 71.5 Å². The standard InChI is InChI=1S/C21H28N4O4.C6H7NO2/c1-15-6-4-7-18(16(15)2)29-11-9-24(3)20(26)14-25-13-17(12-22-25)23-21(27)19-8-5-10-28-19;1-9-6-4-5(8)2-3-7-6/h4,6-7,12-13,19H,5,8-11,14H2,1-3H3,(H,23,27);2-4H,1H3,(H,7,8). The first-order valence-electron chi connectivity index (χ1n) is 12.4. The Kier molecular flexibility index (Phi) is 10.5. The number of nitrogens with zero attached hydrogens (tertiary/aromatic N) is 3. The number of aryl methyl sites for hydroxylation is 1. The molecule has 0 saturated carbocycles. The lowest BCUT2D eigenvalue weighted by atomic mass is 10.1. The summed E-state index contributed by atoms with van der Waals surface area (Å²) in [5.74, 6) is 1.07. The van der Waals surface area contributed by atoms with Crippen molar-refractivity contribution < 1.29 is 23.8 Å². The van der Waals surface area contributed by atoms with Crippen LogP contribution in [0.3, 0.4) is 0 Å². The van der Waals surface area contributed by atoms with Gasteiger partial charge in [0, 0.05) is 38.2 Å². The molecule has 3 aromatic rings. The molecule has 0 spiro atoms. The Hall–Kier alpha value is -4.12. The Labute approximate surface area is 221 Å². The number of carbonyl (C=O) groups excluding carboxylic acids is 2. The van der Waals surface area contributed by atoms with Gasteiger partial charge in [-0.25, -0.2) is 0 Å². The number of anilines is 1. The Balaban J connectivity index is 0.000000375. The van der Waals surface area contributed by atoms with Crippen molar-refractivity contribution in [3.63, 3.8) is 0 Å². The highest BCUT2D eigenvalue weighted by molar-refractivity contribution is 5.94. The highest BCUT2D eigenvalue weighted by Crippen LogP contribution is 2.20. The molecule has 1 aromatic carbocycles. The van der Waals surface area contributed by atoms with E-state index in [0.717, 1.165) is 24.2 Å². The summed E-state index contributed by atoms with van der Waals surface area (Å²) in [6, 6.07) is 8.75. The van der Waals surface area contributed by atoms with E-state index in [1.807, 2.05) is 32.0 Å². The predicted molar refractivity (Wildman–Crippen MR) is 142 cm³/mol. The first kappa shape index (κ1) is 28.5. The lowest BCUT2D eigenvalue weighted by Crippen LogP contribution is -2.33. The quantitative estimate of drug-likeness (QED) is 0.439. The molecular formula is C27H35N5O6. The van der Waals surface area contributed by atoms with E-state index in [1.54, 1.807) is 24.3 Å². The third-order valence-corrected chi connectivity index (χ3v) is 6.05. The first-order chi connectivity index (χ1) is 18.3. The van der Waals surface area contributed by atoms with Crippen LogP contribution in [0.1, 0.15) is 24.0 Å². The summed E-state index contributed by atoms with van der Waals surface area (Å²) in [7, 11) is 3.24.